The standard InChI is InChI=1S/C17H21N3O2/c1-18-15-8-5-9-16(13-6-3-2-4-7-13)20(17(15)21)10-14-11-22-12-19-14/h2-4,6-7,11-12,15-16,18H,5,8-10H2,1H3. The Hall–Kier alpha value is -2.14. The van der Waals surface area contributed by atoms with Gasteiger partial charge in [0.15, 0.2) is 6.39 Å². The van der Waals surface area contributed by atoms with Crippen LogP contribution in [0.1, 0.15) is 36.6 Å². The lowest BCUT2D eigenvalue weighted by Gasteiger charge is -2.31. The fourth-order valence-electron chi connectivity index (χ4n) is 3.12. The van der Waals surface area contributed by atoms with E-state index in [9.17, 15) is 4.79 Å². The minimum atomic E-state index is -0.124. The summed E-state index contributed by atoms with van der Waals surface area (Å²) in [5, 5.41) is 3.14. The fourth-order valence-corrected chi connectivity index (χ4v) is 3.12. The van der Waals surface area contributed by atoms with Crippen LogP contribution in [-0.4, -0.2) is 28.9 Å². The molecule has 22 heavy (non-hydrogen) atoms. The predicted molar refractivity (Wildman–Crippen MR) is 82.9 cm³/mol. The lowest BCUT2D eigenvalue weighted by atomic mass is 10.0. The van der Waals surface area contributed by atoms with Crippen molar-refractivity contribution in [1.82, 2.24) is 15.2 Å². The molecule has 0 saturated carbocycles. The van der Waals surface area contributed by atoms with Crippen molar-refractivity contribution in [3.63, 3.8) is 0 Å². The van der Waals surface area contributed by atoms with Gasteiger partial charge in [-0.2, -0.15) is 0 Å². The van der Waals surface area contributed by atoms with Gasteiger partial charge in [0.25, 0.3) is 0 Å². The predicted octanol–water partition coefficient (Wildman–Crippen LogP) is 2.52. The zero-order valence-electron chi connectivity index (χ0n) is 12.7. The second-order valence-corrected chi connectivity index (χ2v) is 5.64. The summed E-state index contributed by atoms with van der Waals surface area (Å²) in [7, 11) is 1.85. The number of carbonyl (C=O) groups excluding carboxylic acids is 1. The molecule has 1 aromatic heterocycles. The number of carbonyl (C=O) groups is 1. The lowest BCUT2D eigenvalue weighted by molar-refractivity contribution is -0.135. The third kappa shape index (κ3) is 3.04. The highest BCUT2D eigenvalue weighted by Gasteiger charge is 2.33. The molecule has 116 valence electrons. The number of nitrogens with one attached hydrogen (secondary N) is 1. The summed E-state index contributed by atoms with van der Waals surface area (Å²) in [5.41, 5.74) is 1.96. The van der Waals surface area contributed by atoms with E-state index in [0.29, 0.717) is 6.54 Å². The number of likely N-dealkylation sites (tertiary alicyclic amines) is 1. The molecule has 1 aliphatic heterocycles. The molecule has 0 radical (unpaired) electrons. The Morgan fingerprint density at radius 1 is 1.32 bits per heavy atom. The number of likely N-dealkylation sites (N-methyl/N-ethyl adjacent to an activating group) is 1. The smallest absolute Gasteiger partial charge is 0.240 e. The molecule has 5 nitrogen and oxygen atoms in total. The van der Waals surface area contributed by atoms with Crippen LogP contribution in [0.4, 0.5) is 0 Å². The van der Waals surface area contributed by atoms with Crippen LogP contribution in [0.2, 0.25) is 0 Å². The van der Waals surface area contributed by atoms with Gasteiger partial charge in [0.1, 0.15) is 6.26 Å². The van der Waals surface area contributed by atoms with E-state index in [1.165, 1.54) is 12.0 Å². The van der Waals surface area contributed by atoms with Gasteiger partial charge in [-0.3, -0.25) is 4.79 Å². The van der Waals surface area contributed by atoms with Gasteiger partial charge < -0.3 is 14.6 Å². The van der Waals surface area contributed by atoms with Crippen molar-refractivity contribution >= 4 is 5.91 Å². The van der Waals surface area contributed by atoms with Crippen LogP contribution < -0.4 is 5.32 Å². The van der Waals surface area contributed by atoms with E-state index >= 15 is 0 Å². The number of rotatable bonds is 4. The minimum absolute atomic E-state index is 0.0868. The first-order valence-electron chi connectivity index (χ1n) is 7.69. The quantitative estimate of drug-likeness (QED) is 0.942. The van der Waals surface area contributed by atoms with Gasteiger partial charge in [-0.25, -0.2) is 4.98 Å². The molecule has 2 atom stereocenters. The molecule has 1 amide bonds. The molecule has 0 aliphatic carbocycles. The summed E-state index contributed by atoms with van der Waals surface area (Å²) in [4.78, 5) is 19.0. The van der Waals surface area contributed by atoms with Crippen molar-refractivity contribution in [2.45, 2.75) is 37.9 Å². The second kappa shape index (κ2) is 6.75. The van der Waals surface area contributed by atoms with Crippen LogP contribution in [0.5, 0.6) is 0 Å². The number of aromatic nitrogens is 1. The average Bonchev–Trinajstić information content (AvgIpc) is 3.01. The molecule has 2 aromatic rings. The number of nitrogens with zero attached hydrogens (tertiary/aromatic N) is 2. The number of benzene rings is 1. The molecule has 5 heteroatoms. The number of amides is 1. The van der Waals surface area contributed by atoms with Gasteiger partial charge in [0, 0.05) is 0 Å². The molecule has 1 N–H and O–H groups in total. The van der Waals surface area contributed by atoms with E-state index in [0.717, 1.165) is 25.0 Å². The maximum Gasteiger partial charge on any atom is 0.240 e. The van der Waals surface area contributed by atoms with Crippen molar-refractivity contribution in [3.05, 3.63) is 54.2 Å². The first kappa shape index (κ1) is 14.8. The van der Waals surface area contributed by atoms with Gasteiger partial charge in [-0.05, 0) is 31.9 Å². The normalized spacial score (nSPS) is 22.6. The molecule has 3 rings (SSSR count). The Bertz CT molecular complexity index is 598. The highest BCUT2D eigenvalue weighted by molar-refractivity contribution is 5.82. The number of oxazole rings is 1. The molecular formula is C17H21N3O2. The SMILES string of the molecule is CNC1CCCC(c2ccccc2)N(Cc2cocn2)C1=O. The molecule has 1 aliphatic rings. The van der Waals surface area contributed by atoms with Crippen molar-refractivity contribution in [2.75, 3.05) is 7.05 Å². The van der Waals surface area contributed by atoms with Gasteiger partial charge in [-0.1, -0.05) is 30.3 Å². The number of hydrogen-bond acceptors (Lipinski definition) is 4. The van der Waals surface area contributed by atoms with Crippen LogP contribution in [0.3, 0.4) is 0 Å². The molecule has 1 fully saturated rings. The van der Waals surface area contributed by atoms with Crippen LogP contribution in [0.15, 0.2) is 47.4 Å². The Balaban J connectivity index is 1.92. The summed E-state index contributed by atoms with van der Waals surface area (Å²) < 4.78 is 5.05. The average molecular weight is 299 g/mol. The highest BCUT2D eigenvalue weighted by atomic mass is 16.3. The monoisotopic (exact) mass is 299 g/mol. The zero-order chi connectivity index (χ0) is 15.4. The summed E-state index contributed by atoms with van der Waals surface area (Å²) in [6.07, 6.45) is 5.87. The Morgan fingerprint density at radius 3 is 2.82 bits per heavy atom. The lowest BCUT2D eigenvalue weighted by Crippen LogP contribution is -2.44. The first-order chi connectivity index (χ1) is 10.8. The summed E-state index contributed by atoms with van der Waals surface area (Å²) in [6, 6.07) is 10.2. The highest BCUT2D eigenvalue weighted by Crippen LogP contribution is 2.31. The topological polar surface area (TPSA) is 58.4 Å². The second-order valence-electron chi connectivity index (χ2n) is 5.64. The molecule has 0 spiro atoms. The zero-order valence-corrected chi connectivity index (χ0v) is 12.7. The molecule has 2 heterocycles. The third-order valence-electron chi connectivity index (χ3n) is 4.28. The van der Waals surface area contributed by atoms with Gasteiger partial charge in [-0.15, -0.1) is 0 Å². The third-order valence-corrected chi connectivity index (χ3v) is 4.28. The largest absolute Gasteiger partial charge is 0.451 e. The first-order valence-corrected chi connectivity index (χ1v) is 7.69. The van der Waals surface area contributed by atoms with Crippen molar-refractivity contribution in [3.8, 4) is 0 Å². The Labute approximate surface area is 130 Å². The van der Waals surface area contributed by atoms with Crippen LogP contribution in [0, 0.1) is 0 Å². The van der Waals surface area contributed by atoms with E-state index in [1.807, 2.05) is 30.1 Å². The van der Waals surface area contributed by atoms with E-state index < -0.39 is 0 Å². The van der Waals surface area contributed by atoms with Crippen LogP contribution >= 0.6 is 0 Å². The minimum Gasteiger partial charge on any atom is -0.451 e. The summed E-state index contributed by atoms with van der Waals surface area (Å²) in [6.45, 7) is 0.479. The van der Waals surface area contributed by atoms with Gasteiger partial charge in [0.2, 0.25) is 5.91 Å². The van der Waals surface area contributed by atoms with E-state index in [2.05, 4.69) is 22.4 Å². The van der Waals surface area contributed by atoms with Gasteiger partial charge >= 0.3 is 0 Å². The van der Waals surface area contributed by atoms with Crippen molar-refractivity contribution in [1.29, 1.82) is 0 Å². The van der Waals surface area contributed by atoms with Crippen molar-refractivity contribution in [2.24, 2.45) is 0 Å². The maximum atomic E-state index is 12.9. The maximum absolute atomic E-state index is 12.9. The molecule has 1 saturated heterocycles. The Morgan fingerprint density at radius 2 is 2.14 bits per heavy atom. The Kier molecular flexibility index (Phi) is 4.53. The molecular weight excluding hydrogens is 278 g/mol. The van der Waals surface area contributed by atoms with Crippen molar-refractivity contribution < 1.29 is 9.21 Å². The van der Waals surface area contributed by atoms with E-state index in [1.54, 1.807) is 6.26 Å². The van der Waals surface area contributed by atoms with E-state index in [-0.39, 0.29) is 18.0 Å². The molecule has 0 bridgehead atoms. The number of hydrogen-bond donors (Lipinski definition) is 1. The summed E-state index contributed by atoms with van der Waals surface area (Å²) in [5.74, 6) is 0.136. The molecule has 1 aromatic carbocycles. The fraction of sp³-hybridized carbons (Fsp3) is 0.412. The van der Waals surface area contributed by atoms with E-state index in [4.69, 9.17) is 4.42 Å². The van der Waals surface area contributed by atoms with Crippen LogP contribution in [0.25, 0.3) is 0 Å². The van der Waals surface area contributed by atoms with Gasteiger partial charge in [0.05, 0.1) is 24.3 Å². The van der Waals surface area contributed by atoms with Crippen LogP contribution in [-0.2, 0) is 11.3 Å². The molecule has 2 unspecified atom stereocenters. The summed E-state index contributed by atoms with van der Waals surface area (Å²) >= 11 is 0.